The number of rotatable bonds is 3. The number of nitro groups is 1. The molecular formula is C13H5Cl3F3NO3. The molecule has 0 unspecified atom stereocenters. The molecule has 0 aromatic heterocycles. The van der Waals surface area contributed by atoms with Crippen molar-refractivity contribution in [2.24, 2.45) is 0 Å². The number of nitrogens with zero attached hydrogens (tertiary/aromatic N) is 1. The van der Waals surface area contributed by atoms with Crippen LogP contribution in [0.25, 0.3) is 0 Å². The first-order valence-corrected chi connectivity index (χ1v) is 6.91. The summed E-state index contributed by atoms with van der Waals surface area (Å²) in [6.07, 6.45) is -4.61. The number of ether oxygens (including phenoxy) is 1. The summed E-state index contributed by atoms with van der Waals surface area (Å²) >= 11 is 17.2. The van der Waals surface area contributed by atoms with Gasteiger partial charge in [-0.25, -0.2) is 0 Å². The Labute approximate surface area is 142 Å². The number of halogens is 6. The topological polar surface area (TPSA) is 52.4 Å². The second kappa shape index (κ2) is 6.43. The quantitative estimate of drug-likeness (QED) is 0.455. The predicted molar refractivity (Wildman–Crippen MR) is 79.6 cm³/mol. The molecule has 0 aliphatic heterocycles. The lowest BCUT2D eigenvalue weighted by molar-refractivity contribution is -0.384. The van der Waals surface area contributed by atoms with Crippen molar-refractivity contribution in [2.45, 2.75) is 6.18 Å². The zero-order valence-electron chi connectivity index (χ0n) is 10.8. The van der Waals surface area contributed by atoms with Gasteiger partial charge >= 0.3 is 6.18 Å². The third-order valence-corrected chi connectivity index (χ3v) is 3.53. The highest BCUT2D eigenvalue weighted by atomic mass is 35.5. The van der Waals surface area contributed by atoms with Gasteiger partial charge in [-0.1, -0.05) is 34.8 Å². The van der Waals surface area contributed by atoms with Crippen LogP contribution in [0.1, 0.15) is 5.56 Å². The van der Waals surface area contributed by atoms with Crippen LogP contribution in [0.3, 0.4) is 0 Å². The summed E-state index contributed by atoms with van der Waals surface area (Å²) in [6, 6.07) is 4.76. The molecule has 4 nitrogen and oxygen atoms in total. The SMILES string of the molecule is O=[N+]([O-])c1ccc(Oc2c(Cl)cc(C(F)(F)F)cc2Cl)cc1Cl. The van der Waals surface area contributed by atoms with E-state index in [4.69, 9.17) is 39.5 Å². The van der Waals surface area contributed by atoms with E-state index in [-0.39, 0.29) is 32.3 Å². The van der Waals surface area contributed by atoms with Crippen molar-refractivity contribution in [1.29, 1.82) is 0 Å². The van der Waals surface area contributed by atoms with Crippen LogP contribution < -0.4 is 4.74 Å². The van der Waals surface area contributed by atoms with Gasteiger partial charge in [0.15, 0.2) is 5.75 Å². The largest absolute Gasteiger partial charge is 0.454 e. The van der Waals surface area contributed by atoms with Gasteiger partial charge in [0.1, 0.15) is 10.8 Å². The van der Waals surface area contributed by atoms with Crippen molar-refractivity contribution in [3.05, 3.63) is 61.1 Å². The van der Waals surface area contributed by atoms with E-state index in [1.54, 1.807) is 0 Å². The molecule has 0 saturated carbocycles. The molecule has 0 heterocycles. The van der Waals surface area contributed by atoms with Crippen molar-refractivity contribution in [2.75, 3.05) is 0 Å². The Morgan fingerprint density at radius 3 is 2.00 bits per heavy atom. The summed E-state index contributed by atoms with van der Waals surface area (Å²) in [5.41, 5.74) is -1.37. The Bertz CT molecular complexity index is 758. The Morgan fingerprint density at radius 1 is 1.00 bits per heavy atom. The molecule has 0 amide bonds. The molecule has 2 rings (SSSR count). The molecule has 10 heteroatoms. The molecule has 0 bridgehead atoms. The zero-order valence-corrected chi connectivity index (χ0v) is 13.1. The van der Waals surface area contributed by atoms with Gasteiger partial charge < -0.3 is 4.74 Å². The monoisotopic (exact) mass is 385 g/mol. The smallest absolute Gasteiger partial charge is 0.416 e. The number of hydrogen-bond donors (Lipinski definition) is 0. The number of nitro benzene ring substituents is 1. The fourth-order valence-corrected chi connectivity index (χ4v) is 2.44. The van der Waals surface area contributed by atoms with E-state index >= 15 is 0 Å². The summed E-state index contributed by atoms with van der Waals surface area (Å²) in [7, 11) is 0. The maximum absolute atomic E-state index is 12.6. The lowest BCUT2D eigenvalue weighted by Gasteiger charge is -2.13. The molecule has 0 atom stereocenters. The van der Waals surface area contributed by atoms with Crippen LogP contribution in [0.5, 0.6) is 11.5 Å². The average Bonchev–Trinajstić information content (AvgIpc) is 2.41. The minimum Gasteiger partial charge on any atom is -0.454 e. The van der Waals surface area contributed by atoms with E-state index in [1.165, 1.54) is 6.07 Å². The molecule has 2 aromatic rings. The van der Waals surface area contributed by atoms with Gasteiger partial charge in [-0.15, -0.1) is 0 Å². The van der Waals surface area contributed by atoms with E-state index in [0.29, 0.717) is 12.1 Å². The Kier molecular flexibility index (Phi) is 4.93. The van der Waals surface area contributed by atoms with Crippen LogP contribution in [-0.2, 0) is 6.18 Å². The van der Waals surface area contributed by atoms with E-state index in [1.807, 2.05) is 0 Å². The van der Waals surface area contributed by atoms with Crippen LogP contribution in [-0.4, -0.2) is 4.92 Å². The van der Waals surface area contributed by atoms with Crippen LogP contribution in [0.4, 0.5) is 18.9 Å². The molecular weight excluding hydrogens is 382 g/mol. The first kappa shape index (κ1) is 17.7. The first-order chi connectivity index (χ1) is 10.6. The van der Waals surface area contributed by atoms with Gasteiger partial charge in [0.05, 0.1) is 20.5 Å². The van der Waals surface area contributed by atoms with E-state index in [2.05, 4.69) is 0 Å². The van der Waals surface area contributed by atoms with Crippen LogP contribution in [0.15, 0.2) is 30.3 Å². The fourth-order valence-electron chi connectivity index (χ4n) is 1.64. The number of hydrogen-bond acceptors (Lipinski definition) is 3. The molecule has 2 aromatic carbocycles. The van der Waals surface area contributed by atoms with Crippen LogP contribution >= 0.6 is 34.8 Å². The summed E-state index contributed by atoms with van der Waals surface area (Å²) in [5, 5.41) is 9.74. The normalized spacial score (nSPS) is 11.4. The van der Waals surface area contributed by atoms with Gasteiger partial charge in [-0.2, -0.15) is 13.2 Å². The third kappa shape index (κ3) is 3.99. The summed E-state index contributed by atoms with van der Waals surface area (Å²) in [5.74, 6) is -0.185. The highest BCUT2D eigenvalue weighted by Gasteiger charge is 2.32. The van der Waals surface area contributed by atoms with Gasteiger partial charge in [0, 0.05) is 12.1 Å². The minimum atomic E-state index is -4.61. The van der Waals surface area contributed by atoms with Gasteiger partial charge in [0.25, 0.3) is 5.69 Å². The van der Waals surface area contributed by atoms with Crippen molar-refractivity contribution in [1.82, 2.24) is 0 Å². The molecule has 0 radical (unpaired) electrons. The van der Waals surface area contributed by atoms with E-state index < -0.39 is 16.7 Å². The second-order valence-electron chi connectivity index (χ2n) is 4.24. The van der Waals surface area contributed by atoms with E-state index in [0.717, 1.165) is 12.1 Å². The van der Waals surface area contributed by atoms with Gasteiger partial charge in [0.2, 0.25) is 0 Å². The molecule has 0 fully saturated rings. The molecule has 0 aliphatic rings. The average molecular weight is 387 g/mol. The van der Waals surface area contributed by atoms with Crippen molar-refractivity contribution in [3.8, 4) is 11.5 Å². The molecule has 0 saturated heterocycles. The van der Waals surface area contributed by atoms with Crippen LogP contribution in [0.2, 0.25) is 15.1 Å². The Balaban J connectivity index is 2.38. The molecule has 23 heavy (non-hydrogen) atoms. The lowest BCUT2D eigenvalue weighted by atomic mass is 10.2. The summed E-state index contributed by atoms with van der Waals surface area (Å²) in [6.45, 7) is 0. The Hall–Kier alpha value is -1.70. The molecule has 0 spiro atoms. The summed E-state index contributed by atoms with van der Waals surface area (Å²) in [4.78, 5) is 9.97. The third-order valence-electron chi connectivity index (χ3n) is 2.66. The maximum atomic E-state index is 12.6. The molecule has 0 N–H and O–H groups in total. The zero-order chi connectivity index (χ0) is 17.4. The van der Waals surface area contributed by atoms with Crippen molar-refractivity contribution < 1.29 is 22.8 Å². The van der Waals surface area contributed by atoms with Gasteiger partial charge in [-0.3, -0.25) is 10.1 Å². The predicted octanol–water partition coefficient (Wildman–Crippen LogP) is 6.37. The first-order valence-electron chi connectivity index (χ1n) is 5.77. The lowest BCUT2D eigenvalue weighted by Crippen LogP contribution is -2.05. The van der Waals surface area contributed by atoms with E-state index in [9.17, 15) is 23.3 Å². The highest BCUT2D eigenvalue weighted by molar-refractivity contribution is 6.37. The molecule has 0 aliphatic carbocycles. The standard InChI is InChI=1S/C13H5Cl3F3NO3/c14-8-5-7(1-2-11(8)20(21)22)23-12-9(15)3-6(4-10(12)16)13(17,18)19/h1-5H. The number of benzene rings is 2. The second-order valence-corrected chi connectivity index (χ2v) is 5.46. The molecule has 122 valence electrons. The fraction of sp³-hybridized carbons (Fsp3) is 0.0769. The highest BCUT2D eigenvalue weighted by Crippen LogP contribution is 2.42. The summed E-state index contributed by atoms with van der Waals surface area (Å²) < 4.78 is 43.2. The van der Waals surface area contributed by atoms with Crippen molar-refractivity contribution >= 4 is 40.5 Å². The minimum absolute atomic E-state index is 0.0316. The maximum Gasteiger partial charge on any atom is 0.416 e. The number of alkyl halides is 3. The van der Waals surface area contributed by atoms with Gasteiger partial charge in [-0.05, 0) is 18.2 Å². The van der Waals surface area contributed by atoms with Crippen LogP contribution in [0, 0.1) is 10.1 Å². The van der Waals surface area contributed by atoms with Crippen molar-refractivity contribution in [3.63, 3.8) is 0 Å². The Morgan fingerprint density at radius 2 is 1.57 bits per heavy atom.